The molecule has 1 aromatic carbocycles. The molecule has 1 spiro atoms. The SMILES string of the molecule is O=C(O)C1=NOC2(CCN(C(=O)COCc3ccccc3)CC2)C1. The third-order valence-electron chi connectivity index (χ3n) is 4.45. The zero-order chi connectivity index (χ0) is 17.0. The Morgan fingerprint density at radius 1 is 1.25 bits per heavy atom. The van der Waals surface area contributed by atoms with E-state index in [1.54, 1.807) is 4.90 Å². The highest BCUT2D eigenvalue weighted by Gasteiger charge is 2.44. The number of rotatable bonds is 5. The number of likely N-dealkylation sites (tertiary alicyclic amines) is 1. The number of oxime groups is 1. The van der Waals surface area contributed by atoms with Gasteiger partial charge in [-0.2, -0.15) is 0 Å². The first-order valence-corrected chi connectivity index (χ1v) is 7.96. The van der Waals surface area contributed by atoms with Crippen LogP contribution < -0.4 is 0 Å². The highest BCUT2D eigenvalue weighted by atomic mass is 16.7. The van der Waals surface area contributed by atoms with Crippen LogP contribution in [-0.4, -0.2) is 52.9 Å². The Bertz CT molecular complexity index is 636. The summed E-state index contributed by atoms with van der Waals surface area (Å²) >= 11 is 0. The highest BCUT2D eigenvalue weighted by molar-refractivity contribution is 6.36. The first-order chi connectivity index (χ1) is 11.6. The Morgan fingerprint density at radius 2 is 1.96 bits per heavy atom. The van der Waals surface area contributed by atoms with Crippen molar-refractivity contribution in [3.63, 3.8) is 0 Å². The summed E-state index contributed by atoms with van der Waals surface area (Å²) in [5.41, 5.74) is 0.525. The number of carbonyl (C=O) groups excluding carboxylic acids is 1. The van der Waals surface area contributed by atoms with Gasteiger partial charge in [0.15, 0.2) is 5.71 Å². The number of piperidine rings is 1. The van der Waals surface area contributed by atoms with Crippen molar-refractivity contribution in [1.29, 1.82) is 0 Å². The van der Waals surface area contributed by atoms with Crippen LogP contribution in [-0.2, 0) is 25.8 Å². The molecule has 1 aromatic rings. The number of hydrogen-bond acceptors (Lipinski definition) is 5. The zero-order valence-electron chi connectivity index (χ0n) is 13.3. The maximum absolute atomic E-state index is 12.2. The lowest BCUT2D eigenvalue weighted by atomic mass is 9.87. The second-order valence-electron chi connectivity index (χ2n) is 6.15. The molecule has 0 unspecified atom stereocenters. The van der Waals surface area contributed by atoms with E-state index in [0.717, 1.165) is 5.56 Å². The van der Waals surface area contributed by atoms with E-state index in [-0.39, 0.29) is 18.2 Å². The number of benzene rings is 1. The van der Waals surface area contributed by atoms with Crippen molar-refractivity contribution in [1.82, 2.24) is 4.90 Å². The molecule has 2 aliphatic rings. The van der Waals surface area contributed by atoms with Crippen LogP contribution in [0.2, 0.25) is 0 Å². The standard InChI is InChI=1S/C17H20N2O5/c20-15(12-23-11-13-4-2-1-3-5-13)19-8-6-17(7-9-19)10-14(16(21)22)18-24-17/h1-5H,6-12H2,(H,21,22). The van der Waals surface area contributed by atoms with Crippen LogP contribution in [0.5, 0.6) is 0 Å². The van der Waals surface area contributed by atoms with Gasteiger partial charge in [0.05, 0.1) is 6.61 Å². The Morgan fingerprint density at radius 3 is 2.58 bits per heavy atom. The third kappa shape index (κ3) is 3.73. The van der Waals surface area contributed by atoms with Crippen LogP contribution in [0.15, 0.2) is 35.5 Å². The minimum atomic E-state index is -1.04. The molecule has 2 aliphatic heterocycles. The number of amides is 1. The Balaban J connectivity index is 1.42. The molecule has 1 saturated heterocycles. The van der Waals surface area contributed by atoms with Crippen molar-refractivity contribution in [2.45, 2.75) is 31.5 Å². The lowest BCUT2D eigenvalue weighted by Gasteiger charge is -2.37. The average Bonchev–Trinajstić information content (AvgIpc) is 3.00. The first kappa shape index (κ1) is 16.4. The van der Waals surface area contributed by atoms with E-state index in [4.69, 9.17) is 14.7 Å². The normalized spacial score (nSPS) is 19.0. The smallest absolute Gasteiger partial charge is 0.353 e. The summed E-state index contributed by atoms with van der Waals surface area (Å²) < 4.78 is 5.48. The van der Waals surface area contributed by atoms with E-state index in [9.17, 15) is 9.59 Å². The van der Waals surface area contributed by atoms with Gasteiger partial charge in [0.1, 0.15) is 12.2 Å². The number of ether oxygens (including phenoxy) is 1. The van der Waals surface area contributed by atoms with Crippen molar-refractivity contribution < 1.29 is 24.3 Å². The molecule has 1 amide bonds. The van der Waals surface area contributed by atoms with Gasteiger partial charge >= 0.3 is 5.97 Å². The predicted molar refractivity (Wildman–Crippen MR) is 85.4 cm³/mol. The van der Waals surface area contributed by atoms with Gasteiger partial charge in [-0.25, -0.2) is 4.79 Å². The molecule has 7 nitrogen and oxygen atoms in total. The minimum Gasteiger partial charge on any atom is -0.477 e. The van der Waals surface area contributed by atoms with E-state index in [1.807, 2.05) is 30.3 Å². The van der Waals surface area contributed by atoms with Gasteiger partial charge in [0.25, 0.3) is 0 Å². The second-order valence-corrected chi connectivity index (χ2v) is 6.15. The minimum absolute atomic E-state index is 0.0413. The summed E-state index contributed by atoms with van der Waals surface area (Å²) in [6.45, 7) is 1.49. The van der Waals surface area contributed by atoms with Gasteiger partial charge < -0.3 is 19.6 Å². The zero-order valence-corrected chi connectivity index (χ0v) is 13.3. The molecule has 7 heteroatoms. The Kier molecular flexibility index (Phi) is 4.80. The summed E-state index contributed by atoms with van der Waals surface area (Å²) in [7, 11) is 0. The summed E-state index contributed by atoms with van der Waals surface area (Å²) in [4.78, 5) is 30.2. The van der Waals surface area contributed by atoms with E-state index in [1.165, 1.54) is 0 Å². The topological polar surface area (TPSA) is 88.4 Å². The van der Waals surface area contributed by atoms with Crippen molar-refractivity contribution in [2.75, 3.05) is 19.7 Å². The van der Waals surface area contributed by atoms with Gasteiger partial charge in [-0.05, 0) is 5.56 Å². The second kappa shape index (κ2) is 7.00. The van der Waals surface area contributed by atoms with Crippen molar-refractivity contribution in [2.24, 2.45) is 5.16 Å². The molecule has 24 heavy (non-hydrogen) atoms. The summed E-state index contributed by atoms with van der Waals surface area (Å²) in [6, 6.07) is 9.70. The lowest BCUT2D eigenvalue weighted by Crippen LogP contribution is -2.48. The van der Waals surface area contributed by atoms with E-state index < -0.39 is 11.6 Å². The monoisotopic (exact) mass is 332 g/mol. The molecule has 3 rings (SSSR count). The molecular weight excluding hydrogens is 312 g/mol. The van der Waals surface area contributed by atoms with Crippen molar-refractivity contribution in [3.05, 3.63) is 35.9 Å². The van der Waals surface area contributed by atoms with Crippen LogP contribution in [0.1, 0.15) is 24.8 Å². The number of hydrogen-bond donors (Lipinski definition) is 1. The molecule has 0 aromatic heterocycles. The fraction of sp³-hybridized carbons (Fsp3) is 0.471. The number of nitrogens with zero attached hydrogens (tertiary/aromatic N) is 2. The van der Waals surface area contributed by atoms with Gasteiger partial charge in [-0.3, -0.25) is 4.79 Å². The molecule has 1 fully saturated rings. The molecule has 1 N–H and O–H groups in total. The van der Waals surface area contributed by atoms with E-state index >= 15 is 0 Å². The fourth-order valence-corrected chi connectivity index (χ4v) is 2.99. The van der Waals surface area contributed by atoms with E-state index in [0.29, 0.717) is 39.0 Å². The van der Waals surface area contributed by atoms with Crippen LogP contribution in [0.3, 0.4) is 0 Å². The van der Waals surface area contributed by atoms with Crippen LogP contribution >= 0.6 is 0 Å². The molecule has 0 saturated carbocycles. The van der Waals surface area contributed by atoms with Gasteiger partial charge in [0.2, 0.25) is 5.91 Å². The number of carbonyl (C=O) groups is 2. The summed E-state index contributed by atoms with van der Waals surface area (Å²) in [5, 5.41) is 12.6. The predicted octanol–water partition coefficient (Wildman–Crippen LogP) is 1.43. The quantitative estimate of drug-likeness (QED) is 0.881. The molecule has 0 aliphatic carbocycles. The fourth-order valence-electron chi connectivity index (χ4n) is 2.99. The molecule has 0 bridgehead atoms. The molecule has 128 valence electrons. The average molecular weight is 332 g/mol. The number of aliphatic carboxylic acids is 1. The summed E-state index contributed by atoms with van der Waals surface area (Å²) in [6.07, 6.45) is 1.46. The van der Waals surface area contributed by atoms with Crippen LogP contribution in [0.4, 0.5) is 0 Å². The third-order valence-corrected chi connectivity index (χ3v) is 4.45. The number of carboxylic acids is 1. The maximum atomic E-state index is 12.2. The molecular formula is C17H20N2O5. The number of carboxylic acid groups (broad SMARTS) is 1. The Labute approximate surface area is 139 Å². The Hall–Kier alpha value is -2.41. The highest BCUT2D eigenvalue weighted by Crippen LogP contribution is 2.34. The van der Waals surface area contributed by atoms with Crippen molar-refractivity contribution in [3.8, 4) is 0 Å². The van der Waals surface area contributed by atoms with Gasteiger partial charge in [-0.15, -0.1) is 0 Å². The van der Waals surface area contributed by atoms with Gasteiger partial charge in [0, 0.05) is 32.4 Å². The summed E-state index contributed by atoms with van der Waals surface area (Å²) in [5.74, 6) is -1.10. The van der Waals surface area contributed by atoms with Crippen molar-refractivity contribution >= 4 is 17.6 Å². The van der Waals surface area contributed by atoms with Gasteiger partial charge in [-0.1, -0.05) is 35.5 Å². The molecule has 0 radical (unpaired) electrons. The maximum Gasteiger partial charge on any atom is 0.353 e. The molecule has 2 heterocycles. The lowest BCUT2D eigenvalue weighted by molar-refractivity contribution is -0.142. The van der Waals surface area contributed by atoms with Crippen LogP contribution in [0.25, 0.3) is 0 Å². The largest absolute Gasteiger partial charge is 0.477 e. The van der Waals surface area contributed by atoms with E-state index in [2.05, 4.69) is 5.16 Å². The van der Waals surface area contributed by atoms with Crippen LogP contribution in [0, 0.1) is 0 Å². The molecule has 0 atom stereocenters. The first-order valence-electron chi connectivity index (χ1n) is 7.96.